The summed E-state index contributed by atoms with van der Waals surface area (Å²) in [5, 5.41) is 43.4. The number of hydrogen-bond donors (Lipinski definition) is 6. The summed E-state index contributed by atoms with van der Waals surface area (Å²) in [5.74, 6) is -1.54. The minimum Gasteiger partial charge on any atom is -0.479 e. The highest BCUT2D eigenvalue weighted by Crippen LogP contribution is 2.30. The Morgan fingerprint density at radius 2 is 1.74 bits per heavy atom. The van der Waals surface area contributed by atoms with Gasteiger partial charge in [0.05, 0.1) is 18.7 Å². The molecule has 0 aliphatic carbocycles. The molecular weight excluding hydrogens is 558 g/mol. The first-order valence-electron chi connectivity index (χ1n) is 14.0. The number of amides is 2. The quantitative estimate of drug-likeness (QED) is 0.227. The van der Waals surface area contributed by atoms with Gasteiger partial charge in [-0.3, -0.25) is 4.79 Å². The van der Waals surface area contributed by atoms with Crippen LogP contribution >= 0.6 is 0 Å². The summed E-state index contributed by atoms with van der Waals surface area (Å²) in [5.41, 5.74) is 3.83. The van der Waals surface area contributed by atoms with Gasteiger partial charge < -0.3 is 45.1 Å². The molecule has 2 amide bonds. The molecule has 1 saturated heterocycles. The lowest BCUT2D eigenvalue weighted by Gasteiger charge is -2.38. The third-order valence-electron chi connectivity index (χ3n) is 7.45. The van der Waals surface area contributed by atoms with Crippen molar-refractivity contribution in [1.82, 2.24) is 9.88 Å². The Bertz CT molecular complexity index is 1550. The number of benzene rings is 2. The van der Waals surface area contributed by atoms with E-state index in [4.69, 9.17) is 9.47 Å². The molecule has 0 unspecified atom stereocenters. The molecule has 1 aliphatic rings. The standard InChI is InChI=1S/C31H39N3O9/c1-16-12-17(2)22-18(13-16)14-19(27(38)33-22)15-34(30(41)32-21-9-7-6-8-20(21)31(3,4)5)10-11-42-29-25(37)23(35)24(36)26(43-29)28(39)40/h6-9,12-14,23-26,29,35-37H,10-11,15H2,1-5H3,(H,32,41)(H,33,38)(H,39,40)/t23-,24-,25+,26-,29+/m0/s1. The number of carbonyl (C=O) groups is 2. The second-order valence-electron chi connectivity index (χ2n) is 11.9. The summed E-state index contributed by atoms with van der Waals surface area (Å²) in [6.07, 6.45) is -8.82. The number of H-pyrrole nitrogens is 1. The second-order valence-corrected chi connectivity index (χ2v) is 11.9. The van der Waals surface area contributed by atoms with Gasteiger partial charge in [0.15, 0.2) is 12.4 Å². The molecule has 2 aromatic carbocycles. The first kappa shape index (κ1) is 32.1. The number of aliphatic carboxylic acids is 1. The Hall–Kier alpha value is -3.81. The number of anilines is 1. The molecule has 0 radical (unpaired) electrons. The van der Waals surface area contributed by atoms with E-state index in [9.17, 15) is 34.8 Å². The summed E-state index contributed by atoms with van der Waals surface area (Å²) >= 11 is 0. The van der Waals surface area contributed by atoms with Gasteiger partial charge in [0, 0.05) is 17.8 Å². The topological polar surface area (TPSA) is 182 Å². The van der Waals surface area contributed by atoms with Gasteiger partial charge in [-0.1, -0.05) is 50.6 Å². The van der Waals surface area contributed by atoms with E-state index >= 15 is 0 Å². The zero-order chi connectivity index (χ0) is 31.6. The predicted molar refractivity (Wildman–Crippen MR) is 159 cm³/mol. The van der Waals surface area contributed by atoms with Crippen LogP contribution in [0.3, 0.4) is 0 Å². The number of carboxylic acid groups (broad SMARTS) is 1. The van der Waals surface area contributed by atoms with Crippen LogP contribution in [0.2, 0.25) is 0 Å². The van der Waals surface area contributed by atoms with Crippen LogP contribution in [0.1, 0.15) is 43.0 Å². The summed E-state index contributed by atoms with van der Waals surface area (Å²) < 4.78 is 10.7. The van der Waals surface area contributed by atoms with Crippen molar-refractivity contribution in [1.29, 1.82) is 0 Å². The van der Waals surface area contributed by atoms with Gasteiger partial charge in [-0.15, -0.1) is 0 Å². The van der Waals surface area contributed by atoms with E-state index in [0.717, 1.165) is 22.1 Å². The number of aromatic nitrogens is 1. The molecule has 1 fully saturated rings. The number of para-hydroxylation sites is 1. The fraction of sp³-hybridized carbons (Fsp3) is 0.452. The van der Waals surface area contributed by atoms with E-state index in [1.54, 1.807) is 18.2 Å². The van der Waals surface area contributed by atoms with Crippen molar-refractivity contribution >= 4 is 28.6 Å². The number of nitrogens with one attached hydrogen (secondary N) is 2. The molecule has 3 aromatic rings. The average Bonchev–Trinajstić information content (AvgIpc) is 2.92. The summed E-state index contributed by atoms with van der Waals surface area (Å²) in [6.45, 7) is 9.47. The SMILES string of the molecule is Cc1cc(C)c2[nH]c(=O)c(CN(CCO[C@@H]3O[C@H](C(=O)O)[C@@H](O)[C@H](O)[C@H]3O)C(=O)Nc3ccccc3C(C)(C)C)cc2c1. The highest BCUT2D eigenvalue weighted by molar-refractivity contribution is 5.90. The lowest BCUT2D eigenvalue weighted by Crippen LogP contribution is -2.60. The molecule has 6 N–H and O–H groups in total. The molecule has 4 rings (SSSR count). The monoisotopic (exact) mass is 597 g/mol. The lowest BCUT2D eigenvalue weighted by atomic mass is 9.86. The van der Waals surface area contributed by atoms with Crippen molar-refractivity contribution in [3.63, 3.8) is 0 Å². The number of carboxylic acids is 1. The van der Waals surface area contributed by atoms with Gasteiger partial charge in [-0.25, -0.2) is 9.59 Å². The number of fused-ring (bicyclic) bond motifs is 1. The van der Waals surface area contributed by atoms with Crippen molar-refractivity contribution in [2.75, 3.05) is 18.5 Å². The molecule has 0 bridgehead atoms. The van der Waals surface area contributed by atoms with Crippen LogP contribution in [0.15, 0.2) is 47.3 Å². The fourth-order valence-electron chi connectivity index (χ4n) is 5.22. The molecule has 2 heterocycles. The van der Waals surface area contributed by atoms with Crippen LogP contribution in [0, 0.1) is 13.8 Å². The van der Waals surface area contributed by atoms with E-state index in [1.165, 1.54) is 4.90 Å². The molecule has 5 atom stereocenters. The molecule has 12 heteroatoms. The molecule has 1 aliphatic heterocycles. The van der Waals surface area contributed by atoms with Crippen molar-refractivity contribution in [3.8, 4) is 0 Å². The highest BCUT2D eigenvalue weighted by Gasteiger charge is 2.47. The normalized spacial score (nSPS) is 22.4. The largest absolute Gasteiger partial charge is 0.479 e. The molecule has 232 valence electrons. The smallest absolute Gasteiger partial charge is 0.335 e. The molecule has 43 heavy (non-hydrogen) atoms. The Labute approximate surface area is 248 Å². The summed E-state index contributed by atoms with van der Waals surface area (Å²) in [7, 11) is 0. The average molecular weight is 598 g/mol. The third-order valence-corrected chi connectivity index (χ3v) is 7.45. The molecule has 0 saturated carbocycles. The first-order chi connectivity index (χ1) is 20.2. The van der Waals surface area contributed by atoms with Crippen molar-refractivity contribution in [2.45, 2.75) is 77.3 Å². The van der Waals surface area contributed by atoms with Crippen molar-refractivity contribution in [3.05, 3.63) is 75.1 Å². The van der Waals surface area contributed by atoms with E-state index in [1.807, 2.05) is 58.9 Å². The van der Waals surface area contributed by atoms with Gasteiger partial charge in [0.2, 0.25) is 0 Å². The number of ether oxygens (including phenoxy) is 2. The number of aryl methyl sites for hydroxylation is 2. The number of hydrogen-bond acceptors (Lipinski definition) is 8. The molecule has 12 nitrogen and oxygen atoms in total. The van der Waals surface area contributed by atoms with Crippen LogP contribution in [-0.2, 0) is 26.2 Å². The second kappa shape index (κ2) is 12.8. The van der Waals surface area contributed by atoms with Crippen LogP contribution < -0.4 is 10.9 Å². The van der Waals surface area contributed by atoms with Gasteiger partial charge >= 0.3 is 12.0 Å². The zero-order valence-electron chi connectivity index (χ0n) is 24.8. The van der Waals surface area contributed by atoms with Crippen molar-refractivity contribution < 1.29 is 39.5 Å². The number of rotatable bonds is 8. The highest BCUT2D eigenvalue weighted by atomic mass is 16.7. The first-order valence-corrected chi connectivity index (χ1v) is 14.0. The predicted octanol–water partition coefficient (Wildman–Crippen LogP) is 2.39. The number of carbonyl (C=O) groups excluding carboxylic acids is 1. The Morgan fingerprint density at radius 1 is 1.05 bits per heavy atom. The van der Waals surface area contributed by atoms with E-state index < -0.39 is 42.7 Å². The van der Waals surface area contributed by atoms with Gasteiger partial charge in [-0.2, -0.15) is 0 Å². The Morgan fingerprint density at radius 3 is 2.42 bits per heavy atom. The van der Waals surface area contributed by atoms with Crippen LogP contribution in [0.4, 0.5) is 10.5 Å². The number of aliphatic hydroxyl groups excluding tert-OH is 3. The van der Waals surface area contributed by atoms with Crippen LogP contribution in [-0.4, -0.2) is 86.2 Å². The van der Waals surface area contributed by atoms with Gasteiger partial charge in [0.1, 0.15) is 18.3 Å². The number of nitrogens with zero attached hydrogens (tertiary/aromatic N) is 1. The Kier molecular flexibility index (Phi) is 9.57. The van der Waals surface area contributed by atoms with E-state index in [0.29, 0.717) is 16.8 Å². The molecular formula is C31H39N3O9. The maximum Gasteiger partial charge on any atom is 0.335 e. The molecule has 1 aromatic heterocycles. The number of urea groups is 1. The van der Waals surface area contributed by atoms with E-state index in [-0.39, 0.29) is 30.7 Å². The third kappa shape index (κ3) is 7.23. The van der Waals surface area contributed by atoms with Crippen molar-refractivity contribution in [2.24, 2.45) is 0 Å². The number of pyridine rings is 1. The maximum absolute atomic E-state index is 13.7. The van der Waals surface area contributed by atoms with Crippen LogP contribution in [0.25, 0.3) is 10.9 Å². The van der Waals surface area contributed by atoms with Gasteiger partial charge in [-0.05, 0) is 54.0 Å². The van der Waals surface area contributed by atoms with Crippen LogP contribution in [0.5, 0.6) is 0 Å². The van der Waals surface area contributed by atoms with Gasteiger partial charge in [0.25, 0.3) is 5.56 Å². The fourth-order valence-corrected chi connectivity index (χ4v) is 5.22. The minimum absolute atomic E-state index is 0.0989. The number of aromatic amines is 1. The molecule has 0 spiro atoms. The maximum atomic E-state index is 13.7. The zero-order valence-corrected chi connectivity index (χ0v) is 24.8. The summed E-state index contributed by atoms with van der Waals surface area (Å²) in [6, 6.07) is 12.5. The lowest BCUT2D eigenvalue weighted by molar-refractivity contribution is -0.294. The minimum atomic E-state index is -1.86. The number of aliphatic hydroxyl groups is 3. The summed E-state index contributed by atoms with van der Waals surface area (Å²) in [4.78, 5) is 42.5. The van der Waals surface area contributed by atoms with E-state index in [2.05, 4.69) is 10.3 Å². The Balaban J connectivity index is 1.60.